The van der Waals surface area contributed by atoms with E-state index in [0.717, 1.165) is 38.5 Å². The number of carbonyl (C=O) groups excluding carboxylic acids is 2. The molecule has 7 nitrogen and oxygen atoms in total. The van der Waals surface area contributed by atoms with Gasteiger partial charge in [0, 0.05) is 0 Å². The molecule has 0 bridgehead atoms. The molecule has 170 valence electrons. The third-order valence-corrected chi connectivity index (χ3v) is 6.12. The lowest BCUT2D eigenvalue weighted by atomic mass is 9.84. The SMILES string of the molecule is CCCCCCCCC[C@@H](C(=O)N[C@H](CO)CC1CCCCC1)[C@H](O)C(=O)NO. The highest BCUT2D eigenvalue weighted by atomic mass is 16.5. The van der Waals surface area contributed by atoms with Crippen molar-refractivity contribution in [3.63, 3.8) is 0 Å². The summed E-state index contributed by atoms with van der Waals surface area (Å²) < 4.78 is 0. The Kier molecular flexibility index (Phi) is 13.9. The summed E-state index contributed by atoms with van der Waals surface area (Å²) in [6.07, 6.45) is 12.8. The summed E-state index contributed by atoms with van der Waals surface area (Å²) in [6, 6.07) is -0.369. The van der Waals surface area contributed by atoms with E-state index in [1.807, 2.05) is 0 Å². The monoisotopic (exact) mass is 414 g/mol. The molecule has 3 atom stereocenters. The molecule has 7 heteroatoms. The van der Waals surface area contributed by atoms with E-state index in [0.29, 0.717) is 18.8 Å². The fourth-order valence-electron chi connectivity index (χ4n) is 4.32. The maximum Gasteiger partial charge on any atom is 0.272 e. The van der Waals surface area contributed by atoms with Gasteiger partial charge in [-0.3, -0.25) is 14.8 Å². The average molecular weight is 415 g/mol. The van der Waals surface area contributed by atoms with Gasteiger partial charge in [0.2, 0.25) is 5.91 Å². The smallest absolute Gasteiger partial charge is 0.272 e. The van der Waals surface area contributed by atoms with Gasteiger partial charge in [-0.05, 0) is 18.8 Å². The fourth-order valence-corrected chi connectivity index (χ4v) is 4.32. The Balaban J connectivity index is 2.55. The molecule has 1 rings (SSSR count). The van der Waals surface area contributed by atoms with Gasteiger partial charge >= 0.3 is 0 Å². The maximum atomic E-state index is 12.8. The van der Waals surface area contributed by atoms with Gasteiger partial charge in [-0.1, -0.05) is 84.0 Å². The number of aliphatic hydroxyl groups excluding tert-OH is 2. The number of hydrogen-bond donors (Lipinski definition) is 5. The van der Waals surface area contributed by atoms with Gasteiger partial charge in [-0.15, -0.1) is 0 Å². The Bertz CT molecular complexity index is 454. The van der Waals surface area contributed by atoms with Crippen molar-refractivity contribution < 1.29 is 25.0 Å². The van der Waals surface area contributed by atoms with Crippen molar-refractivity contribution in [2.45, 2.75) is 109 Å². The van der Waals surface area contributed by atoms with Gasteiger partial charge in [0.05, 0.1) is 18.6 Å². The number of aliphatic hydroxyl groups is 2. The van der Waals surface area contributed by atoms with Crippen LogP contribution < -0.4 is 10.8 Å². The molecule has 1 saturated carbocycles. The van der Waals surface area contributed by atoms with E-state index in [-0.39, 0.29) is 12.6 Å². The molecule has 0 heterocycles. The number of nitrogens with one attached hydrogen (secondary N) is 2. The minimum atomic E-state index is -1.60. The van der Waals surface area contributed by atoms with Crippen LogP contribution in [0.5, 0.6) is 0 Å². The van der Waals surface area contributed by atoms with E-state index in [2.05, 4.69) is 12.2 Å². The summed E-state index contributed by atoms with van der Waals surface area (Å²) in [6.45, 7) is 2.01. The zero-order chi connectivity index (χ0) is 21.5. The number of rotatable bonds is 15. The van der Waals surface area contributed by atoms with Gasteiger partial charge in [0.25, 0.3) is 5.91 Å². The topological polar surface area (TPSA) is 119 Å². The summed E-state index contributed by atoms with van der Waals surface area (Å²) in [4.78, 5) is 24.5. The third-order valence-electron chi connectivity index (χ3n) is 6.12. The lowest BCUT2D eigenvalue weighted by molar-refractivity contribution is -0.146. The lowest BCUT2D eigenvalue weighted by Crippen LogP contribution is -2.49. The Morgan fingerprint density at radius 1 is 0.966 bits per heavy atom. The van der Waals surface area contributed by atoms with Gasteiger partial charge in [-0.2, -0.15) is 0 Å². The zero-order valence-electron chi connectivity index (χ0n) is 18.1. The quantitative estimate of drug-likeness (QED) is 0.160. The van der Waals surface area contributed by atoms with E-state index in [1.54, 1.807) is 0 Å². The molecule has 0 unspecified atom stereocenters. The number of hydrogen-bond acceptors (Lipinski definition) is 5. The first-order valence-corrected chi connectivity index (χ1v) is 11.6. The lowest BCUT2D eigenvalue weighted by Gasteiger charge is -2.28. The molecule has 2 amide bonds. The molecule has 0 aromatic rings. The molecule has 0 aromatic heterocycles. The summed E-state index contributed by atoms with van der Waals surface area (Å²) >= 11 is 0. The number of carbonyl (C=O) groups is 2. The molecular formula is C22H42N2O5. The van der Waals surface area contributed by atoms with Crippen LogP contribution in [0.15, 0.2) is 0 Å². The normalized spacial score (nSPS) is 18.1. The second-order valence-electron chi connectivity index (χ2n) is 8.57. The summed E-state index contributed by atoms with van der Waals surface area (Å²) in [5.74, 6) is -1.84. The minimum absolute atomic E-state index is 0.158. The van der Waals surface area contributed by atoms with Gasteiger partial charge < -0.3 is 15.5 Å². The predicted molar refractivity (Wildman–Crippen MR) is 112 cm³/mol. The van der Waals surface area contributed by atoms with E-state index in [1.165, 1.54) is 44.0 Å². The van der Waals surface area contributed by atoms with Crippen molar-refractivity contribution in [1.29, 1.82) is 0 Å². The molecule has 0 spiro atoms. The Labute approximate surface area is 175 Å². The maximum absolute atomic E-state index is 12.8. The van der Waals surface area contributed by atoms with Gasteiger partial charge in [-0.25, -0.2) is 5.48 Å². The van der Waals surface area contributed by atoms with Crippen LogP contribution in [0.1, 0.15) is 96.8 Å². The van der Waals surface area contributed by atoms with Crippen molar-refractivity contribution in [2.24, 2.45) is 11.8 Å². The molecule has 0 aliphatic heterocycles. The average Bonchev–Trinajstić information content (AvgIpc) is 2.74. The van der Waals surface area contributed by atoms with E-state index in [4.69, 9.17) is 5.21 Å². The summed E-state index contributed by atoms with van der Waals surface area (Å²) in [5, 5.41) is 31.6. The van der Waals surface area contributed by atoms with Gasteiger partial charge in [0.1, 0.15) is 6.10 Å². The van der Waals surface area contributed by atoms with Crippen molar-refractivity contribution in [3.05, 3.63) is 0 Å². The second-order valence-corrected chi connectivity index (χ2v) is 8.57. The molecule has 29 heavy (non-hydrogen) atoms. The molecular weight excluding hydrogens is 372 g/mol. The highest BCUT2D eigenvalue weighted by Gasteiger charge is 2.33. The highest BCUT2D eigenvalue weighted by molar-refractivity contribution is 5.88. The van der Waals surface area contributed by atoms with Crippen LogP contribution in [0.25, 0.3) is 0 Å². The van der Waals surface area contributed by atoms with E-state index >= 15 is 0 Å². The van der Waals surface area contributed by atoms with Crippen LogP contribution in [0.4, 0.5) is 0 Å². The molecule has 1 fully saturated rings. The van der Waals surface area contributed by atoms with Crippen molar-refractivity contribution in [2.75, 3.05) is 6.61 Å². The van der Waals surface area contributed by atoms with Crippen LogP contribution in [0.2, 0.25) is 0 Å². The fraction of sp³-hybridized carbons (Fsp3) is 0.909. The first-order valence-electron chi connectivity index (χ1n) is 11.6. The first kappa shape index (κ1) is 25.9. The van der Waals surface area contributed by atoms with Crippen LogP contribution in [0.3, 0.4) is 0 Å². The molecule has 5 N–H and O–H groups in total. The van der Waals surface area contributed by atoms with Crippen LogP contribution in [-0.2, 0) is 9.59 Å². The predicted octanol–water partition coefficient (Wildman–Crippen LogP) is 3.06. The number of hydroxylamine groups is 1. The Morgan fingerprint density at radius 2 is 1.59 bits per heavy atom. The van der Waals surface area contributed by atoms with Crippen LogP contribution >= 0.6 is 0 Å². The molecule has 1 aliphatic carbocycles. The minimum Gasteiger partial charge on any atom is -0.394 e. The molecule has 0 saturated heterocycles. The second kappa shape index (κ2) is 15.6. The summed E-state index contributed by atoms with van der Waals surface area (Å²) in [7, 11) is 0. The van der Waals surface area contributed by atoms with Crippen molar-refractivity contribution >= 4 is 11.8 Å². The van der Waals surface area contributed by atoms with Crippen LogP contribution in [0, 0.1) is 11.8 Å². The summed E-state index contributed by atoms with van der Waals surface area (Å²) in [5.41, 5.74) is 1.44. The highest BCUT2D eigenvalue weighted by Crippen LogP contribution is 2.27. The van der Waals surface area contributed by atoms with Crippen LogP contribution in [-0.4, -0.2) is 46.0 Å². The number of amides is 2. The van der Waals surface area contributed by atoms with Crippen molar-refractivity contribution in [1.82, 2.24) is 10.8 Å². The third kappa shape index (κ3) is 10.4. The zero-order valence-corrected chi connectivity index (χ0v) is 18.1. The van der Waals surface area contributed by atoms with E-state index in [9.17, 15) is 19.8 Å². The number of unbranched alkanes of at least 4 members (excludes halogenated alkanes) is 6. The largest absolute Gasteiger partial charge is 0.394 e. The van der Waals surface area contributed by atoms with E-state index < -0.39 is 23.8 Å². The standard InChI is InChI=1S/C22H42N2O5/c1-2-3-4-5-6-7-11-14-19(20(26)22(28)24-29)21(27)23-18(16-25)15-17-12-9-8-10-13-17/h17-20,25-26,29H,2-16H2,1H3,(H,23,27)(H,24,28)/t18-,19+,20-/m0/s1. The molecule has 0 aromatic carbocycles. The molecule has 0 radical (unpaired) electrons. The Hall–Kier alpha value is -1.18. The van der Waals surface area contributed by atoms with Gasteiger partial charge in [0.15, 0.2) is 0 Å². The Morgan fingerprint density at radius 3 is 2.17 bits per heavy atom. The first-order chi connectivity index (χ1) is 14.0. The molecule has 1 aliphatic rings. The van der Waals surface area contributed by atoms with Crippen molar-refractivity contribution in [3.8, 4) is 0 Å².